The molecule has 4 nitrogen and oxygen atoms in total. The first-order valence-corrected chi connectivity index (χ1v) is 25.2. The predicted molar refractivity (Wildman–Crippen MR) is 304 cm³/mol. The molecule has 0 saturated carbocycles. The van der Waals surface area contributed by atoms with Gasteiger partial charge in [-0.05, 0) is 151 Å². The van der Waals surface area contributed by atoms with E-state index in [-0.39, 0.29) is 23.0 Å². The number of nitrogens with zero attached hydrogens (tertiary/aromatic N) is 3. The Balaban J connectivity index is 1.14. The Morgan fingerprint density at radius 3 is 1.49 bits per heavy atom. The molecule has 1 aromatic heterocycles. The van der Waals surface area contributed by atoms with Crippen LogP contribution in [0.4, 0.5) is 51.2 Å². The highest BCUT2D eigenvalue weighted by molar-refractivity contribution is 7.00. The van der Waals surface area contributed by atoms with E-state index in [1.54, 1.807) is 0 Å². The minimum absolute atomic E-state index is 0.0124. The molecule has 10 aromatic rings. The van der Waals surface area contributed by atoms with Crippen molar-refractivity contribution in [3.05, 3.63) is 217 Å². The first-order valence-electron chi connectivity index (χ1n) is 25.2. The maximum atomic E-state index is 6.37. The number of benzene rings is 9. The zero-order valence-corrected chi connectivity index (χ0v) is 42.4. The summed E-state index contributed by atoms with van der Waals surface area (Å²) < 4.78 is 6.37. The fourth-order valence-electron chi connectivity index (χ4n) is 11.0. The molecule has 0 atom stereocenters. The fourth-order valence-corrected chi connectivity index (χ4v) is 11.0. The molecule has 9 aromatic carbocycles. The van der Waals surface area contributed by atoms with Crippen molar-refractivity contribution in [2.45, 2.75) is 78.6 Å². The molecule has 5 heteroatoms. The topological polar surface area (TPSA) is 22.9 Å². The number of anilines is 9. The van der Waals surface area contributed by atoms with Crippen LogP contribution in [0.1, 0.15) is 79.0 Å². The number of hydrogen-bond donors (Lipinski definition) is 0. The van der Waals surface area contributed by atoms with Crippen LogP contribution < -0.4 is 31.1 Å². The quantitative estimate of drug-likeness (QED) is 0.155. The second kappa shape index (κ2) is 16.4. The third-order valence-electron chi connectivity index (χ3n) is 14.9. The number of para-hydroxylation sites is 3. The monoisotopic (exact) mass is 921 g/mol. The lowest BCUT2D eigenvalue weighted by molar-refractivity contribution is 0.590. The summed E-state index contributed by atoms with van der Waals surface area (Å²) in [4.78, 5) is 7.52. The second-order valence-corrected chi connectivity index (χ2v) is 22.7. The highest BCUT2D eigenvalue weighted by atomic mass is 16.3. The van der Waals surface area contributed by atoms with Crippen LogP contribution in [0.3, 0.4) is 0 Å². The van der Waals surface area contributed by atoms with E-state index in [4.69, 9.17) is 4.42 Å². The van der Waals surface area contributed by atoms with E-state index < -0.39 is 0 Å². The van der Waals surface area contributed by atoms with E-state index in [1.807, 2.05) is 12.1 Å². The summed E-state index contributed by atoms with van der Waals surface area (Å²) in [6, 6.07) is 74.5. The van der Waals surface area contributed by atoms with E-state index in [0.29, 0.717) is 0 Å². The molecule has 0 fully saturated rings. The fraction of sp³-hybridized carbons (Fsp3) is 0.182. The highest BCUT2D eigenvalue weighted by Gasteiger charge is 2.45. The Hall–Kier alpha value is -7.76. The molecule has 0 unspecified atom stereocenters. The molecule has 0 spiro atoms. The minimum Gasteiger partial charge on any atom is -0.456 e. The summed E-state index contributed by atoms with van der Waals surface area (Å²) in [6.45, 7) is 20.8. The number of hydrogen-bond acceptors (Lipinski definition) is 4. The number of rotatable bonds is 6. The Morgan fingerprint density at radius 2 is 0.873 bits per heavy atom. The van der Waals surface area contributed by atoms with E-state index in [2.05, 4.69) is 265 Å². The Labute approximate surface area is 419 Å². The van der Waals surface area contributed by atoms with E-state index >= 15 is 0 Å². The van der Waals surface area contributed by atoms with Gasteiger partial charge in [0.1, 0.15) is 11.2 Å². The maximum Gasteiger partial charge on any atom is 0.252 e. The highest BCUT2D eigenvalue weighted by Crippen LogP contribution is 2.49. The Morgan fingerprint density at radius 1 is 0.366 bits per heavy atom. The van der Waals surface area contributed by atoms with Crippen LogP contribution in [0, 0.1) is 0 Å². The van der Waals surface area contributed by atoms with Gasteiger partial charge in [-0.3, -0.25) is 0 Å². The molecule has 2 aliphatic heterocycles. The first-order chi connectivity index (χ1) is 34.1. The minimum atomic E-state index is -0.0633. The van der Waals surface area contributed by atoms with Gasteiger partial charge in [-0.25, -0.2) is 0 Å². The van der Waals surface area contributed by atoms with Gasteiger partial charge in [-0.1, -0.05) is 172 Å². The van der Waals surface area contributed by atoms with E-state index in [9.17, 15) is 0 Å². The molecule has 3 heterocycles. The number of fused-ring (bicyclic) bond motifs is 7. The van der Waals surface area contributed by atoms with Crippen molar-refractivity contribution >= 4 is 96.2 Å². The summed E-state index contributed by atoms with van der Waals surface area (Å²) in [5, 5.41) is 2.28. The van der Waals surface area contributed by atoms with Gasteiger partial charge in [0.15, 0.2) is 0 Å². The summed E-state index contributed by atoms with van der Waals surface area (Å²) in [5.41, 5.74) is 22.1. The first kappa shape index (κ1) is 44.5. The molecular weight excluding hydrogens is 862 g/mol. The SMILES string of the molecule is CC(C)(C)c1ccc(N2c3cc(C(C)(C)C)ccc3B3c4cc(C(C)(C)C)ccc4N(c4ccc(-c5ccc6c(c5)oc5ccccc56)cc4)c4cc(N(c5ccccc5)c5ccccc5)cc2c43)cc1. The van der Waals surface area contributed by atoms with Gasteiger partial charge >= 0.3 is 0 Å². The van der Waals surface area contributed by atoms with Crippen molar-refractivity contribution in [1.82, 2.24) is 0 Å². The summed E-state index contributed by atoms with van der Waals surface area (Å²) in [5.74, 6) is 0. The van der Waals surface area contributed by atoms with Gasteiger partial charge in [-0.15, -0.1) is 0 Å². The molecule has 348 valence electrons. The number of furan rings is 1. The van der Waals surface area contributed by atoms with Crippen LogP contribution >= 0.6 is 0 Å². The van der Waals surface area contributed by atoms with Crippen LogP contribution in [-0.4, -0.2) is 6.71 Å². The van der Waals surface area contributed by atoms with Gasteiger partial charge in [0.05, 0.1) is 5.69 Å². The van der Waals surface area contributed by atoms with Gasteiger partial charge < -0.3 is 19.1 Å². The lowest BCUT2D eigenvalue weighted by Gasteiger charge is -2.45. The second-order valence-electron chi connectivity index (χ2n) is 22.7. The summed E-state index contributed by atoms with van der Waals surface area (Å²) in [6.07, 6.45) is 0. The van der Waals surface area contributed by atoms with E-state index in [0.717, 1.165) is 67.2 Å². The van der Waals surface area contributed by atoms with Crippen LogP contribution in [0.25, 0.3) is 33.1 Å². The van der Waals surface area contributed by atoms with Crippen molar-refractivity contribution in [2.24, 2.45) is 0 Å². The molecule has 71 heavy (non-hydrogen) atoms. The average Bonchev–Trinajstić information content (AvgIpc) is 3.74. The maximum absolute atomic E-state index is 6.37. The Bertz CT molecular complexity index is 3610. The third-order valence-corrected chi connectivity index (χ3v) is 14.9. The molecule has 0 bridgehead atoms. The summed E-state index contributed by atoms with van der Waals surface area (Å²) >= 11 is 0. The Kier molecular flexibility index (Phi) is 10.3. The molecule has 0 radical (unpaired) electrons. The van der Waals surface area contributed by atoms with Crippen LogP contribution in [0.2, 0.25) is 0 Å². The third kappa shape index (κ3) is 7.61. The zero-order chi connectivity index (χ0) is 49.0. The normalized spacial score (nSPS) is 13.3. The molecule has 0 aliphatic carbocycles. The average molecular weight is 922 g/mol. The molecule has 12 rings (SSSR count). The largest absolute Gasteiger partial charge is 0.456 e. The molecule has 0 N–H and O–H groups in total. The van der Waals surface area contributed by atoms with Crippen molar-refractivity contribution in [1.29, 1.82) is 0 Å². The van der Waals surface area contributed by atoms with Crippen molar-refractivity contribution in [2.75, 3.05) is 14.7 Å². The van der Waals surface area contributed by atoms with Crippen LogP contribution in [-0.2, 0) is 16.2 Å². The van der Waals surface area contributed by atoms with Gasteiger partial charge in [0, 0.05) is 56.3 Å². The van der Waals surface area contributed by atoms with Gasteiger partial charge in [-0.2, -0.15) is 0 Å². The van der Waals surface area contributed by atoms with Crippen LogP contribution in [0.15, 0.2) is 205 Å². The smallest absolute Gasteiger partial charge is 0.252 e. The molecule has 0 amide bonds. The molecular formula is C66H60BN3O. The zero-order valence-electron chi connectivity index (χ0n) is 42.4. The van der Waals surface area contributed by atoms with Gasteiger partial charge in [0.25, 0.3) is 6.71 Å². The predicted octanol–water partition coefficient (Wildman–Crippen LogP) is 16.7. The van der Waals surface area contributed by atoms with Crippen molar-refractivity contribution in [3.8, 4) is 11.1 Å². The van der Waals surface area contributed by atoms with Crippen LogP contribution in [0.5, 0.6) is 0 Å². The lowest BCUT2D eigenvalue weighted by Crippen LogP contribution is -2.61. The van der Waals surface area contributed by atoms with E-state index in [1.165, 1.54) is 50.1 Å². The molecule has 2 aliphatic rings. The summed E-state index contributed by atoms with van der Waals surface area (Å²) in [7, 11) is 0. The molecule has 0 saturated heterocycles. The van der Waals surface area contributed by atoms with Crippen molar-refractivity contribution < 1.29 is 4.42 Å². The lowest BCUT2D eigenvalue weighted by atomic mass is 9.33. The van der Waals surface area contributed by atoms with Crippen molar-refractivity contribution in [3.63, 3.8) is 0 Å². The van der Waals surface area contributed by atoms with Gasteiger partial charge in [0.2, 0.25) is 0 Å². The standard InChI is InChI=1S/C66H60BN3O/c1-64(2,3)45-27-33-51(34-28-45)70-58-40-47(66(7,8)9)29-36-55(58)67-56-39-46(65(4,5)6)30-37-57(56)69(50-31-24-43(25-32-50)44-26-35-54-53-22-16-17-23-61(53)71-62(54)38-44)59-41-52(42-60(70)63(59)67)68(48-18-12-10-13-19-48)49-20-14-11-15-21-49/h10-42H,1-9H3.